The van der Waals surface area contributed by atoms with Gasteiger partial charge in [-0.05, 0) is 43.2 Å². The Hall–Kier alpha value is -2.47. The minimum atomic E-state index is -0.508. The van der Waals surface area contributed by atoms with E-state index in [4.69, 9.17) is 4.74 Å². The maximum Gasteiger partial charge on any atom is 0.265 e. The van der Waals surface area contributed by atoms with Crippen LogP contribution in [0.3, 0.4) is 0 Å². The second-order valence-corrected chi connectivity index (χ2v) is 7.11. The summed E-state index contributed by atoms with van der Waals surface area (Å²) in [5.74, 6) is 0.392. The highest BCUT2D eigenvalue weighted by Crippen LogP contribution is 2.38. The van der Waals surface area contributed by atoms with Crippen LogP contribution in [0.4, 0.5) is 11.4 Å². The van der Waals surface area contributed by atoms with Crippen molar-refractivity contribution in [2.24, 2.45) is 0 Å². The number of carbonyl (C=O) groups is 2. The lowest BCUT2D eigenvalue weighted by Crippen LogP contribution is -2.34. The van der Waals surface area contributed by atoms with Crippen LogP contribution in [0.2, 0.25) is 0 Å². The summed E-state index contributed by atoms with van der Waals surface area (Å²) < 4.78 is 5.52. The van der Waals surface area contributed by atoms with Gasteiger partial charge in [-0.15, -0.1) is 11.8 Å². The highest BCUT2D eigenvalue weighted by molar-refractivity contribution is 8.01. The summed E-state index contributed by atoms with van der Waals surface area (Å²) >= 11 is 1.59. The van der Waals surface area contributed by atoms with E-state index in [1.807, 2.05) is 18.2 Å². The van der Waals surface area contributed by atoms with Crippen LogP contribution < -0.4 is 15.4 Å². The van der Waals surface area contributed by atoms with Crippen LogP contribution in [0.25, 0.3) is 0 Å². The summed E-state index contributed by atoms with van der Waals surface area (Å²) in [4.78, 5) is 25.4. The number of rotatable bonds is 2. The minimum absolute atomic E-state index is 0.0347. The van der Waals surface area contributed by atoms with E-state index < -0.39 is 6.10 Å². The van der Waals surface area contributed by atoms with Gasteiger partial charge in [0.1, 0.15) is 5.75 Å². The lowest BCUT2D eigenvalue weighted by molar-refractivity contribution is -0.122. The molecule has 2 aliphatic heterocycles. The second kappa shape index (κ2) is 5.87. The Morgan fingerprint density at radius 2 is 2.12 bits per heavy atom. The molecule has 122 valence electrons. The fourth-order valence-corrected chi connectivity index (χ4v) is 4.03. The van der Waals surface area contributed by atoms with Crippen molar-refractivity contribution in [3.8, 4) is 5.75 Å². The first kappa shape index (κ1) is 15.1. The molecule has 2 amide bonds. The summed E-state index contributed by atoms with van der Waals surface area (Å²) in [7, 11) is 0. The first-order valence-corrected chi connectivity index (χ1v) is 8.65. The van der Waals surface area contributed by atoms with Crippen LogP contribution in [-0.2, 0) is 16.0 Å². The number of hydrogen-bond acceptors (Lipinski definition) is 4. The molecule has 24 heavy (non-hydrogen) atoms. The molecular formula is C18H16N2O3S. The van der Waals surface area contributed by atoms with Gasteiger partial charge in [0.15, 0.2) is 6.10 Å². The fraction of sp³-hybridized carbons (Fsp3) is 0.222. The van der Waals surface area contributed by atoms with Gasteiger partial charge in [-0.25, -0.2) is 0 Å². The molecule has 0 saturated heterocycles. The Balaban J connectivity index is 1.48. The van der Waals surface area contributed by atoms with Crippen molar-refractivity contribution >= 4 is 35.0 Å². The zero-order chi connectivity index (χ0) is 16.7. The molecule has 6 heteroatoms. The van der Waals surface area contributed by atoms with Gasteiger partial charge in [-0.2, -0.15) is 0 Å². The number of thioether (sulfide) groups is 1. The average Bonchev–Trinajstić information content (AvgIpc) is 3.00. The Morgan fingerprint density at radius 1 is 1.29 bits per heavy atom. The lowest BCUT2D eigenvalue weighted by Gasteiger charge is -2.23. The third-order valence-corrected chi connectivity index (χ3v) is 5.43. The van der Waals surface area contributed by atoms with Crippen molar-refractivity contribution in [2.45, 2.75) is 29.6 Å². The lowest BCUT2D eigenvalue weighted by atomic mass is 10.1. The van der Waals surface area contributed by atoms with Crippen molar-refractivity contribution in [3.63, 3.8) is 0 Å². The van der Waals surface area contributed by atoms with Gasteiger partial charge in [-0.1, -0.05) is 18.2 Å². The number of fused-ring (bicyclic) bond motifs is 2. The van der Waals surface area contributed by atoms with Crippen molar-refractivity contribution in [2.75, 3.05) is 10.6 Å². The number of anilines is 2. The summed E-state index contributed by atoms with van der Waals surface area (Å²) in [6.07, 6.45) is 0.223. The summed E-state index contributed by atoms with van der Waals surface area (Å²) in [6, 6.07) is 13.4. The average molecular weight is 340 g/mol. The van der Waals surface area contributed by atoms with Gasteiger partial charge in [0, 0.05) is 10.6 Å². The highest BCUT2D eigenvalue weighted by atomic mass is 32.2. The molecule has 4 rings (SSSR count). The number of ether oxygens (including phenoxy) is 1. The topological polar surface area (TPSA) is 67.4 Å². The first-order valence-electron chi connectivity index (χ1n) is 7.77. The number of benzene rings is 2. The van der Waals surface area contributed by atoms with Gasteiger partial charge < -0.3 is 15.4 Å². The molecule has 0 radical (unpaired) electrons. The molecule has 2 aromatic rings. The largest absolute Gasteiger partial charge is 0.479 e. The molecule has 2 aliphatic rings. The van der Waals surface area contributed by atoms with Crippen LogP contribution in [-0.4, -0.2) is 23.2 Å². The highest BCUT2D eigenvalue weighted by Gasteiger charge is 2.28. The molecule has 2 aromatic carbocycles. The molecule has 0 spiro atoms. The smallest absolute Gasteiger partial charge is 0.265 e. The SMILES string of the molecule is C[C@H]1Oc2ccc(NC(=O)[C@H]3Cc4ccccc4S3)cc2NC1=O. The molecule has 2 N–H and O–H groups in total. The summed E-state index contributed by atoms with van der Waals surface area (Å²) in [5.41, 5.74) is 2.44. The minimum Gasteiger partial charge on any atom is -0.479 e. The van der Waals surface area contributed by atoms with Gasteiger partial charge in [0.25, 0.3) is 5.91 Å². The van der Waals surface area contributed by atoms with Gasteiger partial charge in [-0.3, -0.25) is 9.59 Å². The van der Waals surface area contributed by atoms with E-state index in [1.165, 1.54) is 5.56 Å². The Kier molecular flexibility index (Phi) is 3.69. The summed E-state index contributed by atoms with van der Waals surface area (Å²) in [5, 5.41) is 5.58. The maximum absolute atomic E-state index is 12.5. The number of hydrogen-bond donors (Lipinski definition) is 2. The molecule has 2 heterocycles. The predicted octanol–water partition coefficient (Wildman–Crippen LogP) is 3.06. The molecule has 2 atom stereocenters. The van der Waals surface area contributed by atoms with Crippen LogP contribution in [0.5, 0.6) is 5.75 Å². The zero-order valence-electron chi connectivity index (χ0n) is 13.0. The van der Waals surface area contributed by atoms with Crippen molar-refractivity contribution < 1.29 is 14.3 Å². The molecule has 0 saturated carbocycles. The van der Waals surface area contributed by atoms with Crippen LogP contribution in [0, 0.1) is 0 Å². The first-order chi connectivity index (χ1) is 11.6. The molecule has 5 nitrogen and oxygen atoms in total. The van der Waals surface area contributed by atoms with Crippen LogP contribution in [0.15, 0.2) is 47.4 Å². The Labute approximate surface area is 143 Å². The number of amides is 2. The maximum atomic E-state index is 12.5. The van der Waals surface area contributed by atoms with Crippen molar-refractivity contribution in [1.29, 1.82) is 0 Å². The molecule has 0 bridgehead atoms. The van der Waals surface area contributed by atoms with E-state index in [0.717, 1.165) is 11.3 Å². The Morgan fingerprint density at radius 3 is 2.96 bits per heavy atom. The number of carbonyl (C=O) groups excluding carboxylic acids is 2. The van der Waals surface area contributed by atoms with Crippen LogP contribution >= 0.6 is 11.8 Å². The standard InChI is InChI=1S/C18H16N2O3S/c1-10-17(21)20-13-9-12(6-7-14(13)23-10)19-18(22)16-8-11-4-2-3-5-15(11)24-16/h2-7,9-10,16H,8H2,1H3,(H,19,22)(H,20,21)/t10-,16-/m1/s1. The van der Waals surface area contributed by atoms with E-state index in [9.17, 15) is 9.59 Å². The number of nitrogens with one attached hydrogen (secondary N) is 2. The second-order valence-electron chi connectivity index (χ2n) is 5.87. The van der Waals surface area contributed by atoms with Crippen LogP contribution in [0.1, 0.15) is 12.5 Å². The van der Waals surface area contributed by atoms with E-state index in [2.05, 4.69) is 16.7 Å². The van der Waals surface area contributed by atoms with E-state index in [0.29, 0.717) is 17.1 Å². The molecule has 0 aromatic heterocycles. The third-order valence-electron chi connectivity index (χ3n) is 4.12. The van der Waals surface area contributed by atoms with Gasteiger partial charge in [0.2, 0.25) is 5.91 Å². The predicted molar refractivity (Wildman–Crippen MR) is 93.6 cm³/mol. The zero-order valence-corrected chi connectivity index (χ0v) is 13.9. The summed E-state index contributed by atoms with van der Waals surface area (Å²) in [6.45, 7) is 1.70. The monoisotopic (exact) mass is 340 g/mol. The van der Waals surface area contributed by atoms with Gasteiger partial charge >= 0.3 is 0 Å². The van der Waals surface area contributed by atoms with E-state index in [1.54, 1.807) is 36.9 Å². The molecule has 0 fully saturated rings. The van der Waals surface area contributed by atoms with E-state index in [-0.39, 0.29) is 17.1 Å². The Bertz CT molecular complexity index is 812. The third kappa shape index (κ3) is 2.73. The molecular weight excluding hydrogens is 324 g/mol. The fourth-order valence-electron chi connectivity index (χ4n) is 2.84. The van der Waals surface area contributed by atoms with Crippen molar-refractivity contribution in [1.82, 2.24) is 0 Å². The van der Waals surface area contributed by atoms with Gasteiger partial charge in [0.05, 0.1) is 10.9 Å². The van der Waals surface area contributed by atoms with E-state index >= 15 is 0 Å². The van der Waals surface area contributed by atoms with Crippen molar-refractivity contribution in [3.05, 3.63) is 48.0 Å². The molecule has 0 aliphatic carbocycles. The molecule has 0 unspecified atom stereocenters. The normalized spacial score (nSPS) is 21.3. The quantitative estimate of drug-likeness (QED) is 0.882.